The molecule has 0 spiro atoms. The van der Waals surface area contributed by atoms with E-state index < -0.39 is 65.4 Å². The third-order valence-electron chi connectivity index (χ3n) is 10.6. The second-order valence-electron chi connectivity index (χ2n) is 15.6. The normalized spacial score (nSPS) is 20.3. The highest BCUT2D eigenvalue weighted by atomic mass is 32.1. The van der Waals surface area contributed by atoms with Crippen molar-refractivity contribution in [2.45, 2.75) is 109 Å². The van der Waals surface area contributed by atoms with Crippen LogP contribution in [0.25, 0.3) is 0 Å². The lowest BCUT2D eigenvalue weighted by Crippen LogP contribution is -2.57. The maximum absolute atomic E-state index is 14.3. The van der Waals surface area contributed by atoms with Crippen LogP contribution in [0.15, 0.2) is 66.9 Å². The second-order valence-corrected chi connectivity index (χ2v) is 16.6. The quantitative estimate of drug-likeness (QED) is 0.106. The minimum Gasteiger partial charge on any atom is -0.397 e. The second kappa shape index (κ2) is 20.1. The SMILES string of the molecule is CCN(CC)CC(=O)Oc1ncc(C(=O)N[C@@H](CCc2ccccc2)C(=O)N[C@H]2CC(C)N([C@@H](Cc3ccccc3)C(=O)N[C@@H](CC(C)C)C(=O)C3(C)CO3)C2=O)s1. The first-order valence-corrected chi connectivity index (χ1v) is 20.9. The number of carbonyl (C=O) groups excluding carboxylic acids is 6. The maximum Gasteiger partial charge on any atom is 0.327 e. The van der Waals surface area contributed by atoms with Gasteiger partial charge in [-0.05, 0) is 69.7 Å². The number of Topliss-reactive ketones (excluding diaryl/α,β-unsaturated/α-hetero) is 1. The van der Waals surface area contributed by atoms with Crippen molar-refractivity contribution in [1.82, 2.24) is 30.7 Å². The predicted octanol–water partition coefficient (Wildman–Crippen LogP) is 3.73. The monoisotopic (exact) mass is 816 g/mol. The van der Waals surface area contributed by atoms with Gasteiger partial charge in [0.25, 0.3) is 11.1 Å². The van der Waals surface area contributed by atoms with E-state index in [1.165, 1.54) is 11.1 Å². The Morgan fingerprint density at radius 1 is 0.966 bits per heavy atom. The van der Waals surface area contributed by atoms with Crippen LogP contribution < -0.4 is 20.7 Å². The molecular formula is C43H56N6O8S. The Bertz CT molecular complexity index is 1900. The number of likely N-dealkylation sites (tertiary alicyclic amines) is 1. The van der Waals surface area contributed by atoms with Crippen LogP contribution >= 0.6 is 11.3 Å². The summed E-state index contributed by atoms with van der Waals surface area (Å²) in [5.74, 6) is -2.64. The number of esters is 1. The third kappa shape index (κ3) is 11.8. The van der Waals surface area contributed by atoms with Gasteiger partial charge in [0.1, 0.15) is 28.6 Å². The molecule has 5 rings (SSSR count). The van der Waals surface area contributed by atoms with Crippen LogP contribution in [-0.2, 0) is 41.6 Å². The predicted molar refractivity (Wildman–Crippen MR) is 219 cm³/mol. The van der Waals surface area contributed by atoms with Crippen LogP contribution in [0.1, 0.15) is 81.6 Å². The summed E-state index contributed by atoms with van der Waals surface area (Å²) in [5.41, 5.74) is 0.839. The highest BCUT2D eigenvalue weighted by Gasteiger charge is 2.51. The first kappa shape index (κ1) is 44.1. The van der Waals surface area contributed by atoms with Gasteiger partial charge in [-0.15, -0.1) is 0 Å². The van der Waals surface area contributed by atoms with E-state index in [0.29, 0.717) is 25.9 Å². The van der Waals surface area contributed by atoms with Gasteiger partial charge in [0.2, 0.25) is 17.7 Å². The van der Waals surface area contributed by atoms with Gasteiger partial charge in [0.05, 0.1) is 25.4 Å². The first-order valence-electron chi connectivity index (χ1n) is 20.1. The summed E-state index contributed by atoms with van der Waals surface area (Å²) >= 11 is 0.891. The Morgan fingerprint density at radius 3 is 2.21 bits per heavy atom. The number of ether oxygens (including phenoxy) is 2. The molecule has 2 aliphatic rings. The molecule has 3 heterocycles. The Balaban J connectivity index is 1.32. The topological polar surface area (TPSA) is 180 Å². The van der Waals surface area contributed by atoms with E-state index in [1.807, 2.05) is 100 Å². The number of carbonyl (C=O) groups is 6. The Kier molecular flexibility index (Phi) is 15.3. The minimum absolute atomic E-state index is 0.0160. The molecule has 3 aromatic rings. The van der Waals surface area contributed by atoms with E-state index in [9.17, 15) is 28.8 Å². The first-order chi connectivity index (χ1) is 27.7. The molecule has 0 aliphatic carbocycles. The molecule has 2 fully saturated rings. The van der Waals surface area contributed by atoms with Gasteiger partial charge in [-0.2, -0.15) is 0 Å². The Labute approximate surface area is 344 Å². The average Bonchev–Trinajstić information content (AvgIpc) is 3.68. The summed E-state index contributed by atoms with van der Waals surface area (Å²) in [4.78, 5) is 89.7. The molecule has 2 unspecified atom stereocenters. The van der Waals surface area contributed by atoms with Crippen molar-refractivity contribution in [2.24, 2.45) is 5.92 Å². The van der Waals surface area contributed by atoms with Crippen LogP contribution in [0.2, 0.25) is 0 Å². The Hall–Kier alpha value is -4.99. The number of aromatic nitrogens is 1. The van der Waals surface area contributed by atoms with Gasteiger partial charge < -0.3 is 30.3 Å². The van der Waals surface area contributed by atoms with Crippen molar-refractivity contribution < 1.29 is 38.2 Å². The largest absolute Gasteiger partial charge is 0.397 e. The molecular weight excluding hydrogens is 761 g/mol. The van der Waals surface area contributed by atoms with Crippen LogP contribution in [0.4, 0.5) is 0 Å². The summed E-state index contributed by atoms with van der Waals surface area (Å²) in [6.45, 7) is 13.1. The van der Waals surface area contributed by atoms with E-state index in [4.69, 9.17) is 9.47 Å². The maximum atomic E-state index is 14.3. The van der Waals surface area contributed by atoms with Gasteiger partial charge in [-0.1, -0.05) is 99.7 Å². The molecule has 2 aromatic carbocycles. The third-order valence-corrected chi connectivity index (χ3v) is 11.5. The number of rotatable bonds is 21. The van der Waals surface area contributed by atoms with Crippen molar-refractivity contribution in [3.05, 3.63) is 82.9 Å². The molecule has 15 heteroatoms. The summed E-state index contributed by atoms with van der Waals surface area (Å²) in [7, 11) is 0. The number of hydrogen-bond donors (Lipinski definition) is 3. The van der Waals surface area contributed by atoms with Gasteiger partial charge in [-0.25, -0.2) is 4.98 Å². The fourth-order valence-corrected chi connectivity index (χ4v) is 7.86. The van der Waals surface area contributed by atoms with Gasteiger partial charge >= 0.3 is 5.97 Å². The number of epoxide rings is 1. The van der Waals surface area contributed by atoms with Crippen molar-refractivity contribution in [2.75, 3.05) is 26.2 Å². The zero-order valence-electron chi connectivity index (χ0n) is 34.2. The highest BCUT2D eigenvalue weighted by molar-refractivity contribution is 7.15. The average molecular weight is 817 g/mol. The standard InChI is InChI=1S/C43H56N6O8S/c1-7-48(8-2)25-36(50)57-42-44-24-35(58-42)40(54)45-31(20-19-29-15-11-9-12-16-29)38(52)47-33-22-28(5)49(41(33)55)34(23-30-17-13-10-14-18-30)39(53)46-32(21-27(3)4)37(51)43(6)26-56-43/h9-18,24,27-28,31-34H,7-8,19-23,25-26H2,1-6H3,(H,45,54)(H,46,53)(H,47,52)/t28?,31-,32-,33-,34-,43?/m0/s1. The molecule has 0 bridgehead atoms. The van der Waals surface area contributed by atoms with Crippen LogP contribution in [0.3, 0.4) is 0 Å². The van der Waals surface area contributed by atoms with E-state index in [0.717, 1.165) is 22.5 Å². The molecule has 3 N–H and O–H groups in total. The Morgan fingerprint density at radius 2 is 1.60 bits per heavy atom. The molecule has 1 aromatic heterocycles. The molecule has 312 valence electrons. The summed E-state index contributed by atoms with van der Waals surface area (Å²) in [6.07, 6.45) is 2.79. The number of benzene rings is 2. The smallest absolute Gasteiger partial charge is 0.327 e. The minimum atomic E-state index is -1.04. The molecule has 4 amide bonds. The lowest BCUT2D eigenvalue weighted by atomic mass is 9.92. The lowest BCUT2D eigenvalue weighted by molar-refractivity contribution is -0.142. The van der Waals surface area contributed by atoms with Gasteiger partial charge in [-0.3, -0.25) is 33.7 Å². The van der Waals surface area contributed by atoms with Crippen LogP contribution in [0, 0.1) is 5.92 Å². The molecule has 2 aliphatic heterocycles. The number of nitrogens with zero attached hydrogens (tertiary/aromatic N) is 3. The molecule has 58 heavy (non-hydrogen) atoms. The number of likely N-dealkylation sites (N-methyl/N-ethyl adjacent to an activating group) is 1. The highest BCUT2D eigenvalue weighted by Crippen LogP contribution is 2.31. The van der Waals surface area contributed by atoms with Gasteiger partial charge in [0, 0.05) is 12.5 Å². The summed E-state index contributed by atoms with van der Waals surface area (Å²) in [6, 6.07) is 14.6. The van der Waals surface area contributed by atoms with Crippen LogP contribution in [0.5, 0.6) is 5.19 Å². The van der Waals surface area contributed by atoms with Crippen LogP contribution in [-0.4, -0.2) is 112 Å². The molecule has 2 saturated heterocycles. The fraction of sp³-hybridized carbons (Fsp3) is 0.512. The molecule has 14 nitrogen and oxygen atoms in total. The fourth-order valence-electron chi connectivity index (χ4n) is 7.17. The summed E-state index contributed by atoms with van der Waals surface area (Å²) in [5, 5.41) is 8.68. The number of hydrogen-bond acceptors (Lipinski definition) is 11. The zero-order valence-corrected chi connectivity index (χ0v) is 35.0. The number of thiazole rings is 1. The van der Waals surface area contributed by atoms with Crippen molar-refractivity contribution >= 4 is 46.7 Å². The number of nitrogens with one attached hydrogen (secondary N) is 3. The van der Waals surface area contributed by atoms with E-state index in [-0.39, 0.29) is 54.2 Å². The van der Waals surface area contributed by atoms with Crippen molar-refractivity contribution in [1.29, 1.82) is 0 Å². The number of ketones is 1. The van der Waals surface area contributed by atoms with Crippen molar-refractivity contribution in [3.8, 4) is 5.19 Å². The van der Waals surface area contributed by atoms with Gasteiger partial charge in [0.15, 0.2) is 5.78 Å². The molecule has 0 saturated carbocycles. The molecule has 0 radical (unpaired) electrons. The molecule has 6 atom stereocenters. The lowest BCUT2D eigenvalue weighted by Gasteiger charge is -2.33. The summed E-state index contributed by atoms with van der Waals surface area (Å²) < 4.78 is 10.8. The van der Waals surface area contributed by atoms with E-state index in [1.54, 1.807) is 6.92 Å². The van der Waals surface area contributed by atoms with E-state index in [2.05, 4.69) is 20.9 Å². The number of aryl methyl sites for hydroxylation is 1. The van der Waals surface area contributed by atoms with Crippen molar-refractivity contribution in [3.63, 3.8) is 0 Å². The van der Waals surface area contributed by atoms with E-state index >= 15 is 0 Å². The number of amides is 4. The zero-order chi connectivity index (χ0) is 42.0.